The number of alkyl halides is 3. The SMILES string of the molecule is C/C=C/C(C)C(=O)NCC(F)(F)F. The molecule has 0 saturated carbocycles. The van der Waals surface area contributed by atoms with Crippen molar-refractivity contribution in [1.29, 1.82) is 0 Å². The fourth-order valence-electron chi connectivity index (χ4n) is 0.724. The van der Waals surface area contributed by atoms with Gasteiger partial charge in [0.1, 0.15) is 6.54 Å². The van der Waals surface area contributed by atoms with Crippen LogP contribution in [0.1, 0.15) is 13.8 Å². The van der Waals surface area contributed by atoms with Crippen molar-refractivity contribution in [2.75, 3.05) is 6.54 Å². The summed E-state index contributed by atoms with van der Waals surface area (Å²) in [5, 5.41) is 1.79. The molecule has 0 heterocycles. The Kier molecular flexibility index (Phi) is 4.51. The van der Waals surface area contributed by atoms with Crippen molar-refractivity contribution in [2.45, 2.75) is 20.0 Å². The van der Waals surface area contributed by atoms with E-state index in [2.05, 4.69) is 0 Å². The van der Waals surface area contributed by atoms with Crippen LogP contribution < -0.4 is 5.32 Å². The first-order valence-electron chi connectivity index (χ1n) is 3.84. The van der Waals surface area contributed by atoms with E-state index in [9.17, 15) is 18.0 Å². The maximum atomic E-state index is 11.6. The monoisotopic (exact) mass is 195 g/mol. The molecule has 0 aliphatic rings. The molecule has 2 nitrogen and oxygen atoms in total. The van der Waals surface area contributed by atoms with E-state index in [0.29, 0.717) is 0 Å². The van der Waals surface area contributed by atoms with Crippen molar-refractivity contribution in [1.82, 2.24) is 5.32 Å². The molecular formula is C8H12F3NO. The van der Waals surface area contributed by atoms with Crippen LogP contribution in [0.2, 0.25) is 0 Å². The Labute approximate surface area is 74.8 Å². The van der Waals surface area contributed by atoms with Crippen LogP contribution in [-0.2, 0) is 4.79 Å². The Morgan fingerprint density at radius 2 is 2.08 bits per heavy atom. The minimum absolute atomic E-state index is 0.521. The summed E-state index contributed by atoms with van der Waals surface area (Å²) in [5.74, 6) is -1.14. The number of carbonyl (C=O) groups is 1. The van der Waals surface area contributed by atoms with Crippen LogP contribution in [0.5, 0.6) is 0 Å². The summed E-state index contributed by atoms with van der Waals surface area (Å²) in [6.07, 6.45) is -1.19. The Balaban J connectivity index is 3.88. The van der Waals surface area contributed by atoms with Gasteiger partial charge in [0.2, 0.25) is 5.91 Å². The highest BCUT2D eigenvalue weighted by Gasteiger charge is 2.28. The van der Waals surface area contributed by atoms with Gasteiger partial charge in [0.05, 0.1) is 5.92 Å². The third kappa shape index (κ3) is 6.19. The lowest BCUT2D eigenvalue weighted by molar-refractivity contribution is -0.139. The fourth-order valence-corrected chi connectivity index (χ4v) is 0.724. The normalized spacial score (nSPS) is 14.5. The zero-order valence-electron chi connectivity index (χ0n) is 7.48. The van der Waals surface area contributed by atoms with Gasteiger partial charge in [0.25, 0.3) is 0 Å². The van der Waals surface area contributed by atoms with Crippen molar-refractivity contribution in [2.24, 2.45) is 5.92 Å². The van der Waals surface area contributed by atoms with E-state index < -0.39 is 24.5 Å². The van der Waals surface area contributed by atoms with Crippen molar-refractivity contribution in [3.8, 4) is 0 Å². The smallest absolute Gasteiger partial charge is 0.346 e. The number of hydrogen-bond acceptors (Lipinski definition) is 1. The zero-order chi connectivity index (χ0) is 10.5. The largest absolute Gasteiger partial charge is 0.405 e. The van der Waals surface area contributed by atoms with E-state index in [-0.39, 0.29) is 0 Å². The van der Waals surface area contributed by atoms with Crippen LogP contribution in [0, 0.1) is 5.92 Å². The average molecular weight is 195 g/mol. The van der Waals surface area contributed by atoms with Crippen molar-refractivity contribution in [3.05, 3.63) is 12.2 Å². The highest BCUT2D eigenvalue weighted by molar-refractivity contribution is 5.79. The summed E-state index contributed by atoms with van der Waals surface area (Å²) in [4.78, 5) is 10.9. The molecule has 0 aromatic heterocycles. The first kappa shape index (κ1) is 12.0. The first-order chi connectivity index (χ1) is 5.87. The van der Waals surface area contributed by atoms with Gasteiger partial charge in [0, 0.05) is 0 Å². The number of hydrogen-bond donors (Lipinski definition) is 1. The highest BCUT2D eigenvalue weighted by Crippen LogP contribution is 2.12. The second-order valence-corrected chi connectivity index (χ2v) is 2.65. The van der Waals surface area contributed by atoms with Gasteiger partial charge >= 0.3 is 6.18 Å². The van der Waals surface area contributed by atoms with Crippen LogP contribution >= 0.6 is 0 Å². The lowest BCUT2D eigenvalue weighted by Gasteiger charge is -2.10. The van der Waals surface area contributed by atoms with Crippen LogP contribution in [-0.4, -0.2) is 18.6 Å². The van der Waals surface area contributed by atoms with Gasteiger partial charge in [-0.25, -0.2) is 0 Å². The summed E-state index contributed by atoms with van der Waals surface area (Å²) in [5.41, 5.74) is 0. The first-order valence-corrected chi connectivity index (χ1v) is 3.84. The van der Waals surface area contributed by atoms with Crippen molar-refractivity contribution in [3.63, 3.8) is 0 Å². The molecular weight excluding hydrogens is 183 g/mol. The Morgan fingerprint density at radius 1 is 1.54 bits per heavy atom. The second-order valence-electron chi connectivity index (χ2n) is 2.65. The molecule has 0 aliphatic carbocycles. The van der Waals surface area contributed by atoms with Crippen LogP contribution in [0.15, 0.2) is 12.2 Å². The van der Waals surface area contributed by atoms with Gasteiger partial charge in [-0.1, -0.05) is 19.1 Å². The quantitative estimate of drug-likeness (QED) is 0.684. The number of allylic oxidation sites excluding steroid dienone is 1. The predicted molar refractivity (Wildman–Crippen MR) is 43.0 cm³/mol. The van der Waals surface area contributed by atoms with E-state index in [1.54, 1.807) is 18.3 Å². The summed E-state index contributed by atoms with van der Waals surface area (Å²) in [7, 11) is 0. The molecule has 0 bridgehead atoms. The predicted octanol–water partition coefficient (Wildman–Crippen LogP) is 1.88. The molecule has 1 atom stereocenters. The van der Waals surface area contributed by atoms with E-state index in [1.807, 2.05) is 0 Å². The van der Waals surface area contributed by atoms with Gasteiger partial charge < -0.3 is 5.32 Å². The Bertz CT molecular complexity index is 198. The number of nitrogens with one attached hydrogen (secondary N) is 1. The van der Waals surface area contributed by atoms with Crippen LogP contribution in [0.4, 0.5) is 13.2 Å². The molecule has 0 fully saturated rings. The van der Waals surface area contributed by atoms with Gasteiger partial charge in [0.15, 0.2) is 0 Å². The molecule has 0 aliphatic heterocycles. The molecule has 0 aromatic rings. The molecule has 76 valence electrons. The molecule has 0 aromatic carbocycles. The topological polar surface area (TPSA) is 29.1 Å². The molecule has 0 radical (unpaired) electrons. The third-order valence-corrected chi connectivity index (χ3v) is 1.36. The molecule has 13 heavy (non-hydrogen) atoms. The molecule has 0 saturated heterocycles. The minimum Gasteiger partial charge on any atom is -0.346 e. The Morgan fingerprint density at radius 3 is 2.46 bits per heavy atom. The van der Waals surface area contributed by atoms with Gasteiger partial charge in [-0.15, -0.1) is 0 Å². The molecule has 1 unspecified atom stereocenters. The Hall–Kier alpha value is -1.00. The summed E-state index contributed by atoms with van der Waals surface area (Å²) in [6, 6.07) is 0. The molecule has 1 N–H and O–H groups in total. The van der Waals surface area contributed by atoms with Crippen molar-refractivity contribution >= 4 is 5.91 Å². The molecule has 0 spiro atoms. The maximum Gasteiger partial charge on any atom is 0.405 e. The van der Waals surface area contributed by atoms with Crippen molar-refractivity contribution < 1.29 is 18.0 Å². The summed E-state index contributed by atoms with van der Waals surface area (Å²) in [6.45, 7) is 1.97. The van der Waals surface area contributed by atoms with Gasteiger partial charge in [-0.2, -0.15) is 13.2 Å². The van der Waals surface area contributed by atoms with Crippen LogP contribution in [0.3, 0.4) is 0 Å². The molecule has 0 rings (SSSR count). The number of amides is 1. The minimum atomic E-state index is -4.34. The standard InChI is InChI=1S/C8H12F3NO/c1-3-4-6(2)7(13)12-5-8(9,10)11/h3-4,6H,5H2,1-2H3,(H,12,13)/b4-3+. The lowest BCUT2D eigenvalue weighted by atomic mass is 10.1. The summed E-state index contributed by atoms with van der Waals surface area (Å²) >= 11 is 0. The maximum absolute atomic E-state index is 11.6. The lowest BCUT2D eigenvalue weighted by Crippen LogP contribution is -2.36. The van der Waals surface area contributed by atoms with Gasteiger partial charge in [-0.05, 0) is 6.92 Å². The van der Waals surface area contributed by atoms with Gasteiger partial charge in [-0.3, -0.25) is 4.79 Å². The number of carbonyl (C=O) groups excluding carboxylic acids is 1. The van der Waals surface area contributed by atoms with E-state index >= 15 is 0 Å². The number of rotatable bonds is 3. The highest BCUT2D eigenvalue weighted by atomic mass is 19.4. The van der Waals surface area contributed by atoms with E-state index in [0.717, 1.165) is 0 Å². The second kappa shape index (κ2) is 4.89. The number of halogens is 3. The molecule has 5 heteroatoms. The third-order valence-electron chi connectivity index (χ3n) is 1.36. The van der Waals surface area contributed by atoms with E-state index in [1.165, 1.54) is 13.0 Å². The fraction of sp³-hybridized carbons (Fsp3) is 0.625. The average Bonchev–Trinajstić information content (AvgIpc) is 1.99. The zero-order valence-corrected chi connectivity index (χ0v) is 7.48. The van der Waals surface area contributed by atoms with Crippen LogP contribution in [0.25, 0.3) is 0 Å². The molecule has 1 amide bonds. The summed E-state index contributed by atoms with van der Waals surface area (Å²) < 4.78 is 34.9. The van der Waals surface area contributed by atoms with E-state index in [4.69, 9.17) is 0 Å².